The zero-order valence-corrected chi connectivity index (χ0v) is 18.1. The van der Waals surface area contributed by atoms with Crippen molar-refractivity contribution in [1.29, 1.82) is 0 Å². The number of methoxy groups -OCH3 is 1. The number of ether oxygens (including phenoxy) is 1. The number of carbonyl (C=O) groups excluding carboxylic acids is 1. The number of non-ortho nitro benzene ring substituents is 1. The van der Waals surface area contributed by atoms with E-state index in [1.54, 1.807) is 49.6 Å². The first kappa shape index (κ1) is 20.6. The van der Waals surface area contributed by atoms with Crippen LogP contribution in [0.5, 0.6) is 5.75 Å². The first-order chi connectivity index (χ1) is 14.9. The molecule has 8 nitrogen and oxygen atoms in total. The minimum Gasteiger partial charge on any atom is -0.497 e. The highest BCUT2D eigenvalue weighted by Gasteiger charge is 2.17. The SMILES string of the molecule is COc1ccc(N(C(C)=O)c2nc(/C=C/c3nc4ccc([N+](=O)[O-])cc4s3)cs2)cc1. The molecule has 0 aliphatic rings. The Balaban J connectivity index is 1.57. The quantitative estimate of drug-likeness (QED) is 0.282. The molecule has 2 aromatic carbocycles. The van der Waals surface area contributed by atoms with E-state index in [9.17, 15) is 14.9 Å². The van der Waals surface area contributed by atoms with Gasteiger partial charge in [-0.3, -0.25) is 19.8 Å². The zero-order chi connectivity index (χ0) is 22.0. The number of nitro groups is 1. The molecule has 0 bridgehead atoms. The van der Waals surface area contributed by atoms with Crippen molar-refractivity contribution in [2.24, 2.45) is 0 Å². The summed E-state index contributed by atoms with van der Waals surface area (Å²) in [5.41, 5.74) is 2.13. The van der Waals surface area contributed by atoms with Crippen molar-refractivity contribution in [2.75, 3.05) is 12.0 Å². The summed E-state index contributed by atoms with van der Waals surface area (Å²) in [5, 5.41) is 14.1. The number of nitro benzene ring substituents is 1. The lowest BCUT2D eigenvalue weighted by Gasteiger charge is -2.18. The van der Waals surface area contributed by atoms with Gasteiger partial charge in [-0.1, -0.05) is 0 Å². The molecule has 2 heterocycles. The van der Waals surface area contributed by atoms with Crippen molar-refractivity contribution in [3.8, 4) is 5.75 Å². The molecule has 0 aliphatic carbocycles. The Bertz CT molecular complexity index is 1290. The number of carbonyl (C=O) groups is 1. The minimum absolute atomic E-state index is 0.0404. The number of nitrogens with zero attached hydrogens (tertiary/aromatic N) is 4. The summed E-state index contributed by atoms with van der Waals surface area (Å²) < 4.78 is 5.91. The molecule has 0 atom stereocenters. The third-order valence-electron chi connectivity index (χ3n) is 4.34. The van der Waals surface area contributed by atoms with Gasteiger partial charge in [-0.2, -0.15) is 0 Å². The topological polar surface area (TPSA) is 98.5 Å². The third kappa shape index (κ3) is 4.44. The van der Waals surface area contributed by atoms with Gasteiger partial charge in [0.15, 0.2) is 5.13 Å². The number of rotatable bonds is 6. The van der Waals surface area contributed by atoms with Crippen LogP contribution in [0.1, 0.15) is 17.6 Å². The Morgan fingerprint density at radius 1 is 1.16 bits per heavy atom. The Hall–Kier alpha value is -3.63. The fraction of sp³-hybridized carbons (Fsp3) is 0.0952. The van der Waals surface area contributed by atoms with Crippen LogP contribution < -0.4 is 9.64 Å². The van der Waals surface area contributed by atoms with Gasteiger partial charge in [0.05, 0.1) is 33.6 Å². The van der Waals surface area contributed by atoms with E-state index in [1.165, 1.54) is 46.6 Å². The molecule has 0 N–H and O–H groups in total. The van der Waals surface area contributed by atoms with E-state index < -0.39 is 4.92 Å². The van der Waals surface area contributed by atoms with E-state index in [-0.39, 0.29) is 11.6 Å². The molecule has 0 aliphatic heterocycles. The van der Waals surface area contributed by atoms with Gasteiger partial charge in [0.25, 0.3) is 5.69 Å². The molecule has 0 spiro atoms. The van der Waals surface area contributed by atoms with Crippen LogP contribution in [0.4, 0.5) is 16.5 Å². The van der Waals surface area contributed by atoms with Gasteiger partial charge in [-0.25, -0.2) is 9.97 Å². The number of hydrogen-bond donors (Lipinski definition) is 0. The van der Waals surface area contributed by atoms with Crippen LogP contribution in [0.25, 0.3) is 22.4 Å². The fourth-order valence-corrected chi connectivity index (χ4v) is 4.64. The van der Waals surface area contributed by atoms with Crippen LogP contribution in [0, 0.1) is 10.1 Å². The maximum Gasteiger partial charge on any atom is 0.270 e. The highest BCUT2D eigenvalue weighted by molar-refractivity contribution is 7.19. The summed E-state index contributed by atoms with van der Waals surface area (Å²) in [5.74, 6) is 0.555. The van der Waals surface area contributed by atoms with E-state index in [2.05, 4.69) is 9.97 Å². The Kier molecular flexibility index (Phi) is 5.74. The maximum atomic E-state index is 12.2. The van der Waals surface area contributed by atoms with E-state index in [0.29, 0.717) is 32.8 Å². The second-order valence-corrected chi connectivity index (χ2v) is 8.30. The molecule has 0 fully saturated rings. The van der Waals surface area contributed by atoms with E-state index in [1.807, 2.05) is 5.38 Å². The van der Waals surface area contributed by atoms with Gasteiger partial charge in [0.2, 0.25) is 5.91 Å². The Morgan fingerprint density at radius 3 is 2.61 bits per heavy atom. The summed E-state index contributed by atoms with van der Waals surface area (Å²) in [6.45, 7) is 1.49. The van der Waals surface area contributed by atoms with Gasteiger partial charge in [-0.15, -0.1) is 22.7 Å². The molecule has 4 aromatic rings. The van der Waals surface area contributed by atoms with Gasteiger partial charge >= 0.3 is 0 Å². The molecule has 0 saturated carbocycles. The molecule has 1 amide bonds. The molecular weight excluding hydrogens is 436 g/mol. The number of hydrogen-bond acceptors (Lipinski definition) is 8. The number of amides is 1. The van der Waals surface area contributed by atoms with Crippen LogP contribution in [0.15, 0.2) is 47.8 Å². The number of aromatic nitrogens is 2. The second-order valence-electron chi connectivity index (χ2n) is 6.40. The first-order valence-corrected chi connectivity index (χ1v) is 10.8. The molecular formula is C21H16N4O4S2. The summed E-state index contributed by atoms with van der Waals surface area (Å²) in [7, 11) is 1.59. The standard InChI is InChI=1S/C21H16N4O4S2/c1-13(26)24(15-4-7-17(29-2)8-5-15)21-22-14(12-30-21)3-10-20-23-18-9-6-16(25(27)28)11-19(18)31-20/h3-12H,1-2H3/b10-3+. The zero-order valence-electron chi connectivity index (χ0n) is 16.5. The predicted octanol–water partition coefficient (Wildman–Crippen LogP) is 5.52. The summed E-state index contributed by atoms with van der Waals surface area (Å²) >= 11 is 2.72. The van der Waals surface area contributed by atoms with Crippen LogP contribution in [0.3, 0.4) is 0 Å². The van der Waals surface area contributed by atoms with Crippen molar-refractivity contribution >= 4 is 67.5 Å². The number of anilines is 2. The van der Waals surface area contributed by atoms with Gasteiger partial charge in [0, 0.05) is 24.4 Å². The number of benzene rings is 2. The third-order valence-corrected chi connectivity index (χ3v) is 6.17. The van der Waals surface area contributed by atoms with E-state index >= 15 is 0 Å². The van der Waals surface area contributed by atoms with Crippen LogP contribution in [-0.4, -0.2) is 27.9 Å². The fourth-order valence-electron chi connectivity index (χ4n) is 2.89. The molecule has 31 heavy (non-hydrogen) atoms. The van der Waals surface area contributed by atoms with Crippen LogP contribution >= 0.6 is 22.7 Å². The molecule has 156 valence electrons. The van der Waals surface area contributed by atoms with Crippen molar-refractivity contribution in [1.82, 2.24) is 9.97 Å². The lowest BCUT2D eigenvalue weighted by Crippen LogP contribution is -2.22. The number of thiazole rings is 2. The average Bonchev–Trinajstić information content (AvgIpc) is 3.38. The molecule has 10 heteroatoms. The second kappa shape index (κ2) is 8.62. The number of fused-ring (bicyclic) bond motifs is 1. The van der Waals surface area contributed by atoms with Crippen LogP contribution in [-0.2, 0) is 4.79 Å². The molecule has 4 rings (SSSR count). The van der Waals surface area contributed by atoms with Gasteiger partial charge in [-0.05, 0) is 42.5 Å². The molecule has 2 aromatic heterocycles. The normalized spacial score (nSPS) is 11.2. The lowest BCUT2D eigenvalue weighted by molar-refractivity contribution is -0.384. The van der Waals surface area contributed by atoms with E-state index in [4.69, 9.17) is 4.74 Å². The lowest BCUT2D eigenvalue weighted by atomic mass is 10.3. The van der Waals surface area contributed by atoms with Crippen molar-refractivity contribution < 1.29 is 14.5 Å². The highest BCUT2D eigenvalue weighted by atomic mass is 32.1. The molecule has 0 unspecified atom stereocenters. The summed E-state index contributed by atoms with van der Waals surface area (Å²) in [6, 6.07) is 11.8. The van der Waals surface area contributed by atoms with Crippen molar-refractivity contribution in [2.45, 2.75) is 6.92 Å². The molecule has 0 saturated heterocycles. The smallest absolute Gasteiger partial charge is 0.270 e. The Labute approximate surface area is 185 Å². The molecule has 0 radical (unpaired) electrons. The van der Waals surface area contributed by atoms with Gasteiger partial charge < -0.3 is 4.74 Å². The average molecular weight is 453 g/mol. The minimum atomic E-state index is -0.422. The van der Waals surface area contributed by atoms with Crippen molar-refractivity contribution in [3.05, 3.63) is 68.7 Å². The summed E-state index contributed by atoms with van der Waals surface area (Å²) in [4.78, 5) is 33.3. The first-order valence-electron chi connectivity index (χ1n) is 9.08. The monoisotopic (exact) mass is 452 g/mol. The largest absolute Gasteiger partial charge is 0.497 e. The maximum absolute atomic E-state index is 12.2. The highest BCUT2D eigenvalue weighted by Crippen LogP contribution is 2.31. The summed E-state index contributed by atoms with van der Waals surface area (Å²) in [6.07, 6.45) is 3.61. The van der Waals surface area contributed by atoms with Crippen molar-refractivity contribution in [3.63, 3.8) is 0 Å². The van der Waals surface area contributed by atoms with Gasteiger partial charge in [0.1, 0.15) is 10.8 Å². The Morgan fingerprint density at radius 2 is 1.94 bits per heavy atom. The van der Waals surface area contributed by atoms with E-state index in [0.717, 1.165) is 4.70 Å². The predicted molar refractivity (Wildman–Crippen MR) is 123 cm³/mol. The van der Waals surface area contributed by atoms with Crippen LogP contribution in [0.2, 0.25) is 0 Å².